The fourth-order valence-electron chi connectivity index (χ4n) is 2.60. The van der Waals surface area contributed by atoms with Gasteiger partial charge in [0.25, 0.3) is 0 Å². The molecule has 2 aromatic carbocycles. The van der Waals surface area contributed by atoms with Gasteiger partial charge in [0.2, 0.25) is 0 Å². The van der Waals surface area contributed by atoms with E-state index in [-0.39, 0.29) is 6.10 Å². The summed E-state index contributed by atoms with van der Waals surface area (Å²) < 4.78 is 6.07. The Hall–Kier alpha value is -2.09. The van der Waals surface area contributed by atoms with Gasteiger partial charge in [-0.15, -0.1) is 0 Å². The second kappa shape index (κ2) is 4.88. The number of aldehydes is 1. The lowest BCUT2D eigenvalue weighted by molar-refractivity contribution is 0.112. The molecule has 0 saturated carbocycles. The monoisotopic (exact) mass is 252 g/mol. The molecule has 2 aromatic rings. The average molecular weight is 252 g/mol. The van der Waals surface area contributed by atoms with Crippen LogP contribution in [0.15, 0.2) is 42.5 Å². The summed E-state index contributed by atoms with van der Waals surface area (Å²) in [7, 11) is 0. The Labute approximate surface area is 113 Å². The Kier molecular flexibility index (Phi) is 3.08. The molecule has 0 aliphatic heterocycles. The van der Waals surface area contributed by atoms with Crippen LogP contribution in [0.25, 0.3) is 0 Å². The Morgan fingerprint density at radius 1 is 1.11 bits per heavy atom. The first-order valence-corrected chi connectivity index (χ1v) is 6.55. The van der Waals surface area contributed by atoms with Crippen LogP contribution in [0, 0.1) is 6.92 Å². The van der Waals surface area contributed by atoms with E-state index in [0.717, 1.165) is 30.4 Å². The third-order valence-electron chi connectivity index (χ3n) is 3.66. The maximum atomic E-state index is 10.8. The lowest BCUT2D eigenvalue weighted by atomic mass is 10.1. The largest absolute Gasteiger partial charge is 0.489 e. The van der Waals surface area contributed by atoms with Gasteiger partial charge < -0.3 is 4.74 Å². The van der Waals surface area contributed by atoms with E-state index in [2.05, 4.69) is 24.3 Å². The van der Waals surface area contributed by atoms with Crippen LogP contribution in [0.4, 0.5) is 0 Å². The number of benzene rings is 2. The summed E-state index contributed by atoms with van der Waals surface area (Å²) in [5.41, 5.74) is 4.48. The van der Waals surface area contributed by atoms with Crippen molar-refractivity contribution in [3.8, 4) is 5.75 Å². The number of hydrogen-bond acceptors (Lipinski definition) is 2. The first kappa shape index (κ1) is 12.0. The molecule has 19 heavy (non-hydrogen) atoms. The summed E-state index contributed by atoms with van der Waals surface area (Å²) in [6, 6.07) is 14.0. The molecule has 0 fully saturated rings. The molecule has 0 saturated heterocycles. The van der Waals surface area contributed by atoms with Crippen LogP contribution in [0.1, 0.15) is 27.0 Å². The van der Waals surface area contributed by atoms with Crippen LogP contribution in [-0.4, -0.2) is 12.4 Å². The van der Waals surface area contributed by atoms with Gasteiger partial charge in [0, 0.05) is 18.4 Å². The van der Waals surface area contributed by atoms with E-state index >= 15 is 0 Å². The molecule has 0 aromatic heterocycles. The van der Waals surface area contributed by atoms with Crippen LogP contribution in [-0.2, 0) is 12.8 Å². The van der Waals surface area contributed by atoms with Gasteiger partial charge in [-0.3, -0.25) is 4.79 Å². The van der Waals surface area contributed by atoms with Gasteiger partial charge in [0.1, 0.15) is 18.1 Å². The number of ether oxygens (including phenoxy) is 1. The second-order valence-corrected chi connectivity index (χ2v) is 5.06. The highest BCUT2D eigenvalue weighted by Crippen LogP contribution is 2.27. The highest BCUT2D eigenvalue weighted by molar-refractivity contribution is 5.75. The van der Waals surface area contributed by atoms with E-state index in [1.54, 1.807) is 0 Å². The molecular formula is C17H16O2. The molecule has 2 nitrogen and oxygen atoms in total. The molecule has 0 bridgehead atoms. The van der Waals surface area contributed by atoms with Gasteiger partial charge in [-0.2, -0.15) is 0 Å². The maximum absolute atomic E-state index is 10.8. The van der Waals surface area contributed by atoms with Crippen LogP contribution >= 0.6 is 0 Å². The van der Waals surface area contributed by atoms with Crippen molar-refractivity contribution in [1.29, 1.82) is 0 Å². The standard InChI is InChI=1S/C17H16O2/c1-12-6-7-13(11-18)8-17(12)19-16-9-14-4-2-3-5-15(14)10-16/h2-8,11,16H,9-10H2,1H3. The van der Waals surface area contributed by atoms with E-state index in [1.807, 2.05) is 25.1 Å². The van der Waals surface area contributed by atoms with Crippen molar-refractivity contribution >= 4 is 6.29 Å². The molecule has 96 valence electrons. The van der Waals surface area contributed by atoms with Gasteiger partial charge in [0.15, 0.2) is 0 Å². The van der Waals surface area contributed by atoms with E-state index in [1.165, 1.54) is 11.1 Å². The molecule has 2 heteroatoms. The molecule has 1 aliphatic rings. The molecule has 0 heterocycles. The zero-order valence-corrected chi connectivity index (χ0v) is 10.9. The molecule has 0 amide bonds. The summed E-state index contributed by atoms with van der Waals surface area (Å²) in [6.07, 6.45) is 2.93. The molecule has 0 spiro atoms. The maximum Gasteiger partial charge on any atom is 0.150 e. The Morgan fingerprint density at radius 2 is 1.79 bits per heavy atom. The lowest BCUT2D eigenvalue weighted by Gasteiger charge is -2.15. The van der Waals surface area contributed by atoms with Gasteiger partial charge >= 0.3 is 0 Å². The van der Waals surface area contributed by atoms with Gasteiger partial charge in [-0.25, -0.2) is 0 Å². The second-order valence-electron chi connectivity index (χ2n) is 5.06. The first-order valence-electron chi connectivity index (χ1n) is 6.55. The first-order chi connectivity index (χ1) is 9.26. The molecule has 0 atom stereocenters. The quantitative estimate of drug-likeness (QED) is 0.783. The minimum absolute atomic E-state index is 0.179. The number of rotatable bonds is 3. The van der Waals surface area contributed by atoms with E-state index in [4.69, 9.17) is 4.74 Å². The van der Waals surface area contributed by atoms with Gasteiger partial charge in [-0.1, -0.05) is 36.4 Å². The highest BCUT2D eigenvalue weighted by Gasteiger charge is 2.22. The summed E-state index contributed by atoms with van der Waals surface area (Å²) in [5, 5.41) is 0. The Balaban J connectivity index is 1.79. The van der Waals surface area contributed by atoms with Gasteiger partial charge in [0.05, 0.1) is 0 Å². The van der Waals surface area contributed by atoms with E-state index in [0.29, 0.717) is 5.56 Å². The van der Waals surface area contributed by atoms with Crippen molar-refractivity contribution in [2.75, 3.05) is 0 Å². The topological polar surface area (TPSA) is 26.3 Å². The summed E-state index contributed by atoms with van der Waals surface area (Å²) in [6.45, 7) is 2.01. The van der Waals surface area contributed by atoms with Crippen LogP contribution < -0.4 is 4.74 Å². The predicted octanol–water partition coefficient (Wildman–Crippen LogP) is 3.35. The van der Waals surface area contributed by atoms with E-state index in [9.17, 15) is 4.79 Å². The van der Waals surface area contributed by atoms with Crippen molar-refractivity contribution in [3.63, 3.8) is 0 Å². The minimum atomic E-state index is 0.179. The molecule has 0 N–H and O–H groups in total. The summed E-state index contributed by atoms with van der Waals surface area (Å²) in [4.78, 5) is 10.8. The normalized spacial score (nSPS) is 14.2. The number of aryl methyl sites for hydroxylation is 1. The number of fused-ring (bicyclic) bond motifs is 1. The van der Waals surface area contributed by atoms with E-state index < -0.39 is 0 Å². The van der Waals surface area contributed by atoms with Crippen LogP contribution in [0.3, 0.4) is 0 Å². The van der Waals surface area contributed by atoms with Crippen molar-refractivity contribution in [2.24, 2.45) is 0 Å². The number of hydrogen-bond donors (Lipinski definition) is 0. The van der Waals surface area contributed by atoms with Crippen molar-refractivity contribution in [2.45, 2.75) is 25.9 Å². The fraction of sp³-hybridized carbons (Fsp3) is 0.235. The SMILES string of the molecule is Cc1ccc(C=O)cc1OC1Cc2ccccc2C1. The molecule has 0 unspecified atom stereocenters. The smallest absolute Gasteiger partial charge is 0.150 e. The van der Waals surface area contributed by atoms with Gasteiger partial charge in [-0.05, 0) is 29.7 Å². The minimum Gasteiger partial charge on any atom is -0.489 e. The highest BCUT2D eigenvalue weighted by atomic mass is 16.5. The Bertz CT molecular complexity index is 591. The third kappa shape index (κ3) is 2.39. The lowest BCUT2D eigenvalue weighted by Crippen LogP contribution is -2.17. The zero-order chi connectivity index (χ0) is 13.2. The zero-order valence-electron chi connectivity index (χ0n) is 10.9. The third-order valence-corrected chi connectivity index (χ3v) is 3.66. The predicted molar refractivity (Wildman–Crippen MR) is 74.8 cm³/mol. The molecular weight excluding hydrogens is 236 g/mol. The molecule has 1 aliphatic carbocycles. The van der Waals surface area contributed by atoms with Crippen LogP contribution in [0.2, 0.25) is 0 Å². The van der Waals surface area contributed by atoms with Crippen molar-refractivity contribution in [3.05, 3.63) is 64.7 Å². The van der Waals surface area contributed by atoms with Crippen molar-refractivity contribution in [1.82, 2.24) is 0 Å². The average Bonchev–Trinajstić information content (AvgIpc) is 2.83. The summed E-state index contributed by atoms with van der Waals surface area (Å²) >= 11 is 0. The summed E-state index contributed by atoms with van der Waals surface area (Å²) in [5.74, 6) is 0.822. The fourth-order valence-corrected chi connectivity index (χ4v) is 2.60. The molecule has 0 radical (unpaired) electrons. The molecule has 3 rings (SSSR count). The Morgan fingerprint density at radius 3 is 2.42 bits per heavy atom. The number of carbonyl (C=O) groups is 1. The number of carbonyl (C=O) groups excluding carboxylic acids is 1. The van der Waals surface area contributed by atoms with Crippen LogP contribution in [0.5, 0.6) is 5.75 Å². The van der Waals surface area contributed by atoms with Crippen molar-refractivity contribution < 1.29 is 9.53 Å².